The molecule has 1 aromatic carbocycles. The number of hydrogen-bond donors (Lipinski definition) is 2. The monoisotopic (exact) mass is 178 g/mol. The third kappa shape index (κ3) is 1.87. The number of likely N-dealkylation sites (N-methyl/N-ethyl adjacent to an activating group) is 1. The maximum atomic E-state index is 11.4. The largest absolute Gasteiger partial charge is 0.357 e. The van der Waals surface area contributed by atoms with Crippen LogP contribution in [-0.2, 0) is 10.3 Å². The lowest BCUT2D eigenvalue weighted by Gasteiger charge is -2.22. The fourth-order valence-electron chi connectivity index (χ4n) is 1.18. The van der Waals surface area contributed by atoms with E-state index in [-0.39, 0.29) is 5.91 Å². The molecule has 0 saturated heterocycles. The SMILES string of the molecule is CNC(=O)C(C)(N)c1ccccc1. The molecule has 1 aromatic rings. The first-order valence-electron chi connectivity index (χ1n) is 4.15. The number of carbonyl (C=O) groups is 1. The van der Waals surface area contributed by atoms with Crippen LogP contribution in [0.5, 0.6) is 0 Å². The molecule has 0 aliphatic rings. The summed E-state index contributed by atoms with van der Waals surface area (Å²) in [6.45, 7) is 1.70. The van der Waals surface area contributed by atoms with E-state index in [4.69, 9.17) is 5.73 Å². The van der Waals surface area contributed by atoms with Gasteiger partial charge in [-0.2, -0.15) is 0 Å². The Morgan fingerprint density at radius 1 is 1.38 bits per heavy atom. The molecule has 3 nitrogen and oxygen atoms in total. The van der Waals surface area contributed by atoms with Gasteiger partial charge in [-0.25, -0.2) is 0 Å². The first-order valence-corrected chi connectivity index (χ1v) is 4.15. The van der Waals surface area contributed by atoms with Gasteiger partial charge in [-0.3, -0.25) is 4.79 Å². The van der Waals surface area contributed by atoms with E-state index >= 15 is 0 Å². The average Bonchev–Trinajstić information content (AvgIpc) is 2.18. The number of amides is 1. The maximum Gasteiger partial charge on any atom is 0.244 e. The van der Waals surface area contributed by atoms with Crippen molar-refractivity contribution < 1.29 is 4.79 Å². The molecule has 0 spiro atoms. The molecule has 0 bridgehead atoms. The fourth-order valence-corrected chi connectivity index (χ4v) is 1.18. The lowest BCUT2D eigenvalue weighted by Crippen LogP contribution is -2.47. The minimum absolute atomic E-state index is 0.182. The van der Waals surface area contributed by atoms with Crippen LogP contribution in [0.2, 0.25) is 0 Å². The Labute approximate surface area is 77.9 Å². The summed E-state index contributed by atoms with van der Waals surface area (Å²) < 4.78 is 0. The summed E-state index contributed by atoms with van der Waals surface area (Å²) in [6.07, 6.45) is 0. The predicted octanol–water partition coefficient (Wildman–Crippen LogP) is 0.606. The predicted molar refractivity (Wildman–Crippen MR) is 52.0 cm³/mol. The molecule has 0 aromatic heterocycles. The number of nitrogens with one attached hydrogen (secondary N) is 1. The van der Waals surface area contributed by atoms with E-state index in [0.29, 0.717) is 0 Å². The number of carbonyl (C=O) groups excluding carboxylic acids is 1. The van der Waals surface area contributed by atoms with Crippen molar-refractivity contribution in [2.45, 2.75) is 12.5 Å². The van der Waals surface area contributed by atoms with Gasteiger partial charge in [-0.1, -0.05) is 30.3 Å². The number of hydrogen-bond acceptors (Lipinski definition) is 2. The highest BCUT2D eigenvalue weighted by molar-refractivity contribution is 5.86. The Morgan fingerprint density at radius 3 is 2.38 bits per heavy atom. The van der Waals surface area contributed by atoms with Crippen molar-refractivity contribution >= 4 is 5.91 Å². The second-order valence-corrected chi connectivity index (χ2v) is 3.15. The fraction of sp³-hybridized carbons (Fsp3) is 0.300. The van der Waals surface area contributed by atoms with Gasteiger partial charge in [0.15, 0.2) is 0 Å². The van der Waals surface area contributed by atoms with Crippen LogP contribution < -0.4 is 11.1 Å². The summed E-state index contributed by atoms with van der Waals surface area (Å²) in [7, 11) is 1.58. The van der Waals surface area contributed by atoms with E-state index in [1.807, 2.05) is 30.3 Å². The number of benzene rings is 1. The van der Waals surface area contributed by atoms with E-state index in [0.717, 1.165) is 5.56 Å². The topological polar surface area (TPSA) is 55.1 Å². The molecular formula is C10H14N2O. The highest BCUT2D eigenvalue weighted by Gasteiger charge is 2.28. The lowest BCUT2D eigenvalue weighted by atomic mass is 9.92. The van der Waals surface area contributed by atoms with Gasteiger partial charge in [-0.15, -0.1) is 0 Å². The molecule has 3 heteroatoms. The van der Waals surface area contributed by atoms with Gasteiger partial charge in [0.2, 0.25) is 5.91 Å². The molecule has 0 radical (unpaired) electrons. The lowest BCUT2D eigenvalue weighted by molar-refractivity contribution is -0.125. The minimum atomic E-state index is -0.948. The molecule has 0 saturated carbocycles. The first-order chi connectivity index (χ1) is 6.09. The van der Waals surface area contributed by atoms with Crippen molar-refractivity contribution in [1.82, 2.24) is 5.32 Å². The smallest absolute Gasteiger partial charge is 0.244 e. The summed E-state index contributed by atoms with van der Waals surface area (Å²) in [4.78, 5) is 11.4. The van der Waals surface area contributed by atoms with Crippen molar-refractivity contribution in [3.63, 3.8) is 0 Å². The molecule has 1 unspecified atom stereocenters. The summed E-state index contributed by atoms with van der Waals surface area (Å²) in [5, 5.41) is 2.54. The zero-order chi connectivity index (χ0) is 9.90. The highest BCUT2D eigenvalue weighted by atomic mass is 16.2. The zero-order valence-electron chi connectivity index (χ0n) is 7.87. The highest BCUT2D eigenvalue weighted by Crippen LogP contribution is 2.16. The van der Waals surface area contributed by atoms with Crippen LogP contribution in [0.4, 0.5) is 0 Å². The zero-order valence-corrected chi connectivity index (χ0v) is 7.87. The van der Waals surface area contributed by atoms with Crippen molar-refractivity contribution in [2.24, 2.45) is 5.73 Å². The van der Waals surface area contributed by atoms with Crippen LogP contribution in [0.1, 0.15) is 12.5 Å². The Kier molecular flexibility index (Phi) is 2.68. The summed E-state index contributed by atoms with van der Waals surface area (Å²) in [6, 6.07) is 9.31. The quantitative estimate of drug-likeness (QED) is 0.697. The van der Waals surface area contributed by atoms with E-state index < -0.39 is 5.54 Å². The van der Waals surface area contributed by atoms with Crippen molar-refractivity contribution in [2.75, 3.05) is 7.05 Å². The third-order valence-corrected chi connectivity index (χ3v) is 2.07. The number of rotatable bonds is 2. The van der Waals surface area contributed by atoms with Gasteiger partial charge < -0.3 is 11.1 Å². The Balaban J connectivity index is 3.00. The molecule has 70 valence electrons. The van der Waals surface area contributed by atoms with Crippen molar-refractivity contribution in [1.29, 1.82) is 0 Å². The molecule has 3 N–H and O–H groups in total. The van der Waals surface area contributed by atoms with Crippen LogP contribution in [0.15, 0.2) is 30.3 Å². The van der Waals surface area contributed by atoms with Gasteiger partial charge >= 0.3 is 0 Å². The third-order valence-electron chi connectivity index (χ3n) is 2.07. The van der Waals surface area contributed by atoms with E-state index in [1.54, 1.807) is 14.0 Å². The summed E-state index contributed by atoms with van der Waals surface area (Å²) in [5.74, 6) is -0.182. The molecule has 1 amide bonds. The molecule has 0 heterocycles. The van der Waals surface area contributed by atoms with Crippen LogP contribution in [-0.4, -0.2) is 13.0 Å². The molecule has 0 aliphatic heterocycles. The van der Waals surface area contributed by atoms with Crippen LogP contribution >= 0.6 is 0 Å². The minimum Gasteiger partial charge on any atom is -0.357 e. The van der Waals surface area contributed by atoms with E-state index in [2.05, 4.69) is 5.32 Å². The average molecular weight is 178 g/mol. The molecule has 1 atom stereocenters. The first kappa shape index (κ1) is 9.74. The van der Waals surface area contributed by atoms with Gasteiger partial charge in [0, 0.05) is 7.05 Å². The van der Waals surface area contributed by atoms with E-state index in [9.17, 15) is 4.79 Å². The van der Waals surface area contributed by atoms with Gasteiger partial charge in [0.1, 0.15) is 5.54 Å². The Morgan fingerprint density at radius 2 is 1.92 bits per heavy atom. The molecular weight excluding hydrogens is 164 g/mol. The number of nitrogens with two attached hydrogens (primary N) is 1. The van der Waals surface area contributed by atoms with Gasteiger partial charge in [0.05, 0.1) is 0 Å². The van der Waals surface area contributed by atoms with Gasteiger partial charge in [-0.05, 0) is 12.5 Å². The van der Waals surface area contributed by atoms with Crippen LogP contribution in [0, 0.1) is 0 Å². The summed E-state index contributed by atoms with van der Waals surface area (Å²) in [5.41, 5.74) is 5.75. The molecule has 0 aliphatic carbocycles. The summed E-state index contributed by atoms with van der Waals surface area (Å²) >= 11 is 0. The van der Waals surface area contributed by atoms with Crippen molar-refractivity contribution in [3.8, 4) is 0 Å². The van der Waals surface area contributed by atoms with E-state index in [1.165, 1.54) is 0 Å². The Bertz CT molecular complexity index is 293. The normalized spacial score (nSPS) is 14.7. The second kappa shape index (κ2) is 3.58. The maximum absolute atomic E-state index is 11.4. The molecule has 0 fully saturated rings. The van der Waals surface area contributed by atoms with Crippen LogP contribution in [0.25, 0.3) is 0 Å². The Hall–Kier alpha value is -1.35. The standard InChI is InChI=1S/C10H14N2O/c1-10(11,9(13)12-2)8-6-4-3-5-7-8/h3-7H,11H2,1-2H3,(H,12,13). The van der Waals surface area contributed by atoms with Crippen LogP contribution in [0.3, 0.4) is 0 Å². The second-order valence-electron chi connectivity index (χ2n) is 3.15. The van der Waals surface area contributed by atoms with Crippen molar-refractivity contribution in [3.05, 3.63) is 35.9 Å². The van der Waals surface area contributed by atoms with Gasteiger partial charge in [0.25, 0.3) is 0 Å². The molecule has 13 heavy (non-hydrogen) atoms. The molecule has 1 rings (SSSR count).